The van der Waals surface area contributed by atoms with Gasteiger partial charge in [0.1, 0.15) is 6.61 Å². The fourth-order valence-electron chi connectivity index (χ4n) is 2.04. The van der Waals surface area contributed by atoms with E-state index in [0.717, 1.165) is 17.0 Å². The van der Waals surface area contributed by atoms with E-state index in [0.29, 0.717) is 19.2 Å². The molecule has 0 spiro atoms. The first-order valence-electron chi connectivity index (χ1n) is 7.10. The summed E-state index contributed by atoms with van der Waals surface area (Å²) in [5.41, 5.74) is 2.74. The fraction of sp³-hybridized carbons (Fsp3) is 0.438. The fourth-order valence-corrected chi connectivity index (χ4v) is 2.04. The molecule has 0 saturated carbocycles. The van der Waals surface area contributed by atoms with Crippen LogP contribution in [0.1, 0.15) is 30.8 Å². The van der Waals surface area contributed by atoms with Gasteiger partial charge in [0.15, 0.2) is 11.6 Å². The molecular formula is C16H22FN3O. The van der Waals surface area contributed by atoms with Crippen molar-refractivity contribution in [3.8, 4) is 5.75 Å². The highest BCUT2D eigenvalue weighted by Crippen LogP contribution is 2.20. The van der Waals surface area contributed by atoms with Gasteiger partial charge in [-0.25, -0.2) is 4.39 Å². The molecule has 2 aromatic rings. The van der Waals surface area contributed by atoms with E-state index < -0.39 is 0 Å². The number of hydrogen-bond donors (Lipinski definition) is 1. The molecule has 0 amide bonds. The number of halogens is 1. The topological polar surface area (TPSA) is 39.1 Å². The Balaban J connectivity index is 1.99. The summed E-state index contributed by atoms with van der Waals surface area (Å²) in [6.07, 6.45) is 0. The maximum absolute atomic E-state index is 14.0. The Morgan fingerprint density at radius 1 is 1.33 bits per heavy atom. The average molecular weight is 291 g/mol. The summed E-state index contributed by atoms with van der Waals surface area (Å²) in [6.45, 7) is 6.99. The third-order valence-corrected chi connectivity index (χ3v) is 3.19. The zero-order chi connectivity index (χ0) is 15.4. The second-order valence-corrected chi connectivity index (χ2v) is 5.49. The minimum Gasteiger partial charge on any atom is -0.484 e. The van der Waals surface area contributed by atoms with Crippen molar-refractivity contribution >= 4 is 0 Å². The van der Waals surface area contributed by atoms with Gasteiger partial charge < -0.3 is 10.1 Å². The van der Waals surface area contributed by atoms with Gasteiger partial charge in [-0.2, -0.15) is 5.10 Å². The summed E-state index contributed by atoms with van der Waals surface area (Å²) in [5.74, 6) is -0.0703. The van der Waals surface area contributed by atoms with Crippen LogP contribution < -0.4 is 10.1 Å². The summed E-state index contributed by atoms with van der Waals surface area (Å²) < 4.78 is 21.3. The highest BCUT2D eigenvalue weighted by molar-refractivity contribution is 5.29. The smallest absolute Gasteiger partial charge is 0.165 e. The van der Waals surface area contributed by atoms with E-state index in [1.165, 1.54) is 6.07 Å². The summed E-state index contributed by atoms with van der Waals surface area (Å²) in [7, 11) is 1.85. The van der Waals surface area contributed by atoms with Crippen molar-refractivity contribution < 1.29 is 9.13 Å². The molecule has 0 unspecified atom stereocenters. The lowest BCUT2D eigenvalue weighted by Crippen LogP contribution is -2.21. The number of hydrogen-bond acceptors (Lipinski definition) is 3. The molecule has 0 atom stereocenters. The monoisotopic (exact) mass is 291 g/mol. The van der Waals surface area contributed by atoms with Gasteiger partial charge in [0.25, 0.3) is 0 Å². The molecule has 0 aliphatic carbocycles. The molecule has 4 nitrogen and oxygen atoms in total. The van der Waals surface area contributed by atoms with Gasteiger partial charge in [-0.1, -0.05) is 19.9 Å². The molecule has 1 aromatic heterocycles. The number of nitrogens with zero attached hydrogens (tertiary/aromatic N) is 2. The molecule has 1 heterocycles. The van der Waals surface area contributed by atoms with Crippen LogP contribution in [0.25, 0.3) is 0 Å². The number of aromatic nitrogens is 2. The van der Waals surface area contributed by atoms with Crippen molar-refractivity contribution in [1.82, 2.24) is 15.1 Å². The first-order valence-corrected chi connectivity index (χ1v) is 7.10. The Bertz CT molecular complexity index is 608. The number of rotatable bonds is 6. The van der Waals surface area contributed by atoms with Crippen molar-refractivity contribution in [3.05, 3.63) is 47.0 Å². The summed E-state index contributed by atoms with van der Waals surface area (Å²) in [5, 5.41) is 7.49. The van der Waals surface area contributed by atoms with E-state index >= 15 is 0 Å². The predicted molar refractivity (Wildman–Crippen MR) is 80.7 cm³/mol. The summed E-state index contributed by atoms with van der Waals surface area (Å²) in [6, 6.07) is 7.37. The molecule has 0 saturated heterocycles. The van der Waals surface area contributed by atoms with E-state index in [2.05, 4.69) is 24.3 Å². The van der Waals surface area contributed by atoms with Crippen molar-refractivity contribution in [2.45, 2.75) is 40.0 Å². The van der Waals surface area contributed by atoms with Gasteiger partial charge in [-0.3, -0.25) is 4.68 Å². The van der Waals surface area contributed by atoms with Crippen LogP contribution in [-0.4, -0.2) is 15.8 Å². The zero-order valence-corrected chi connectivity index (χ0v) is 13.0. The van der Waals surface area contributed by atoms with E-state index in [1.807, 2.05) is 26.1 Å². The minimum atomic E-state index is -0.336. The van der Waals surface area contributed by atoms with Gasteiger partial charge in [0.05, 0.1) is 11.4 Å². The van der Waals surface area contributed by atoms with Crippen LogP contribution >= 0.6 is 0 Å². The van der Waals surface area contributed by atoms with Crippen LogP contribution in [0.2, 0.25) is 0 Å². The van der Waals surface area contributed by atoms with Crippen LogP contribution in [0.5, 0.6) is 5.75 Å². The molecule has 5 heteroatoms. The van der Waals surface area contributed by atoms with Crippen molar-refractivity contribution in [3.63, 3.8) is 0 Å². The lowest BCUT2D eigenvalue weighted by molar-refractivity contribution is 0.280. The first-order chi connectivity index (χ1) is 9.95. The SMILES string of the molecule is Cc1cc(COc2ccc(CNC(C)C)cc2F)n(C)n1. The van der Waals surface area contributed by atoms with Crippen LogP contribution in [0.4, 0.5) is 4.39 Å². The molecular weight excluding hydrogens is 269 g/mol. The second kappa shape index (κ2) is 6.72. The van der Waals surface area contributed by atoms with E-state index in [4.69, 9.17) is 4.74 Å². The molecule has 21 heavy (non-hydrogen) atoms. The highest BCUT2D eigenvalue weighted by Gasteiger charge is 2.08. The van der Waals surface area contributed by atoms with E-state index in [1.54, 1.807) is 10.7 Å². The van der Waals surface area contributed by atoms with Crippen LogP contribution in [0.3, 0.4) is 0 Å². The van der Waals surface area contributed by atoms with Gasteiger partial charge >= 0.3 is 0 Å². The zero-order valence-electron chi connectivity index (χ0n) is 13.0. The van der Waals surface area contributed by atoms with E-state index in [9.17, 15) is 4.39 Å². The largest absolute Gasteiger partial charge is 0.484 e. The molecule has 0 aliphatic heterocycles. The lowest BCUT2D eigenvalue weighted by Gasteiger charge is -2.11. The molecule has 2 rings (SSSR count). The number of nitrogens with one attached hydrogen (secondary N) is 1. The quantitative estimate of drug-likeness (QED) is 0.889. The second-order valence-electron chi connectivity index (χ2n) is 5.49. The lowest BCUT2D eigenvalue weighted by atomic mass is 10.2. The molecule has 1 N–H and O–H groups in total. The van der Waals surface area contributed by atoms with Crippen molar-refractivity contribution in [2.75, 3.05) is 0 Å². The van der Waals surface area contributed by atoms with Crippen molar-refractivity contribution in [1.29, 1.82) is 0 Å². The van der Waals surface area contributed by atoms with Gasteiger partial charge in [0, 0.05) is 19.6 Å². The number of benzene rings is 1. The Morgan fingerprint density at radius 2 is 2.10 bits per heavy atom. The van der Waals surface area contributed by atoms with Crippen LogP contribution in [0.15, 0.2) is 24.3 Å². The van der Waals surface area contributed by atoms with Gasteiger partial charge in [-0.15, -0.1) is 0 Å². The summed E-state index contributed by atoms with van der Waals surface area (Å²) in [4.78, 5) is 0. The minimum absolute atomic E-state index is 0.266. The first kappa shape index (κ1) is 15.5. The Hall–Kier alpha value is -1.88. The normalized spacial score (nSPS) is 11.1. The Morgan fingerprint density at radius 3 is 2.67 bits per heavy atom. The molecule has 114 valence electrons. The van der Waals surface area contributed by atoms with E-state index in [-0.39, 0.29) is 11.6 Å². The molecule has 0 fully saturated rings. The molecule has 0 bridgehead atoms. The van der Waals surface area contributed by atoms with Crippen LogP contribution in [-0.2, 0) is 20.2 Å². The van der Waals surface area contributed by atoms with Gasteiger partial charge in [-0.05, 0) is 30.7 Å². The average Bonchev–Trinajstić information content (AvgIpc) is 2.73. The standard InChI is InChI=1S/C16H22FN3O/c1-11(2)18-9-13-5-6-16(15(17)8-13)21-10-14-7-12(3)19-20(14)4/h5-8,11,18H,9-10H2,1-4H3. The predicted octanol–water partition coefficient (Wildman–Crippen LogP) is 2.94. The van der Waals surface area contributed by atoms with Gasteiger partial charge in [0.2, 0.25) is 0 Å². The van der Waals surface area contributed by atoms with Crippen molar-refractivity contribution in [2.24, 2.45) is 7.05 Å². The number of ether oxygens (including phenoxy) is 1. The van der Waals surface area contributed by atoms with Crippen LogP contribution in [0, 0.1) is 12.7 Å². The third kappa shape index (κ3) is 4.29. The molecule has 0 aliphatic rings. The number of aryl methyl sites for hydroxylation is 2. The molecule has 1 aromatic carbocycles. The maximum atomic E-state index is 14.0. The summed E-state index contributed by atoms with van der Waals surface area (Å²) >= 11 is 0. The third-order valence-electron chi connectivity index (χ3n) is 3.19. The highest BCUT2D eigenvalue weighted by atomic mass is 19.1. The Labute approximate surface area is 124 Å². The maximum Gasteiger partial charge on any atom is 0.165 e. The molecule has 0 radical (unpaired) electrons. The Kier molecular flexibility index (Phi) is 4.96.